The van der Waals surface area contributed by atoms with E-state index in [2.05, 4.69) is 180 Å². The highest BCUT2D eigenvalue weighted by Gasteiger charge is 2.24. The van der Waals surface area contributed by atoms with E-state index < -0.39 is 0 Å². The van der Waals surface area contributed by atoms with Crippen LogP contribution >= 0.6 is 0 Å². The van der Waals surface area contributed by atoms with Gasteiger partial charge < -0.3 is 13.4 Å². The molecule has 0 bridgehead atoms. The van der Waals surface area contributed by atoms with Crippen molar-refractivity contribution < 1.29 is 8.83 Å². The number of rotatable bonds is 7. The molecule has 322 valence electrons. The molecular weight excluding hydrogens is 845 g/mol. The van der Waals surface area contributed by atoms with Crippen LogP contribution in [0.3, 0.4) is 0 Å². The van der Waals surface area contributed by atoms with Gasteiger partial charge in [-0.3, -0.25) is 0 Å². The maximum atomic E-state index is 7.22. The Morgan fingerprint density at radius 1 is 0.275 bits per heavy atom. The molecular formula is C63H38N4O2. The number of aromatic nitrogens is 4. The summed E-state index contributed by atoms with van der Waals surface area (Å²) >= 11 is 0. The summed E-state index contributed by atoms with van der Waals surface area (Å²) in [5, 5.41) is 6.43. The Hall–Kier alpha value is -9.39. The van der Waals surface area contributed by atoms with Crippen molar-refractivity contribution in [2.75, 3.05) is 0 Å². The zero-order valence-corrected chi connectivity index (χ0v) is 37.0. The first-order chi connectivity index (χ1) is 34.2. The molecule has 6 nitrogen and oxygen atoms in total. The van der Waals surface area contributed by atoms with Crippen molar-refractivity contribution in [1.82, 2.24) is 19.5 Å². The highest BCUT2D eigenvalue weighted by Crippen LogP contribution is 2.45. The van der Waals surface area contributed by atoms with Crippen LogP contribution in [0.25, 0.3) is 139 Å². The van der Waals surface area contributed by atoms with E-state index in [0.29, 0.717) is 23.1 Å². The average molecular weight is 883 g/mol. The molecule has 0 atom stereocenters. The minimum atomic E-state index is 0.529. The summed E-state index contributed by atoms with van der Waals surface area (Å²) in [7, 11) is 0. The number of fused-ring (bicyclic) bond motifs is 9. The van der Waals surface area contributed by atoms with E-state index in [0.717, 1.165) is 94.0 Å². The minimum absolute atomic E-state index is 0.529. The van der Waals surface area contributed by atoms with E-state index in [4.69, 9.17) is 23.8 Å². The van der Waals surface area contributed by atoms with E-state index in [1.54, 1.807) is 0 Å². The molecule has 14 aromatic rings. The molecule has 0 fully saturated rings. The van der Waals surface area contributed by atoms with Gasteiger partial charge in [0.1, 0.15) is 22.3 Å². The monoisotopic (exact) mass is 882 g/mol. The van der Waals surface area contributed by atoms with Gasteiger partial charge in [0, 0.05) is 54.6 Å². The Morgan fingerprint density at radius 2 is 0.783 bits per heavy atom. The van der Waals surface area contributed by atoms with Gasteiger partial charge >= 0.3 is 0 Å². The van der Waals surface area contributed by atoms with Gasteiger partial charge in [0.05, 0.1) is 22.3 Å². The second kappa shape index (κ2) is 15.6. The predicted octanol–water partition coefficient (Wildman–Crippen LogP) is 16.8. The summed E-state index contributed by atoms with van der Waals surface area (Å²) in [6.45, 7) is 0. The standard InChI is InChI=1S/C63H38N4O2/c1-4-16-39(17-5-1)41-30-32-43(33-31-41)62-64-61(42-20-8-3-9-21-42)65-63(66-62)50-27-15-25-48-47-24-14-26-49(59(47)69-60(48)50)52-38-58-53(46-23-11-13-29-57(46)68-58)37-56(52)67-54-28-12-10-22-45(54)51-36-44(34-35-55(51)67)40-18-6-2-7-19-40/h1-38H. The Labute approximate surface area is 396 Å². The third-order valence-electron chi connectivity index (χ3n) is 13.5. The molecule has 4 heterocycles. The number of furan rings is 2. The molecule has 0 saturated carbocycles. The van der Waals surface area contributed by atoms with Gasteiger partial charge in [0.2, 0.25) is 0 Å². The van der Waals surface area contributed by atoms with Gasteiger partial charge in [-0.15, -0.1) is 0 Å². The van der Waals surface area contributed by atoms with Crippen LogP contribution in [0.5, 0.6) is 0 Å². The highest BCUT2D eigenvalue weighted by molar-refractivity contribution is 6.16. The van der Waals surface area contributed by atoms with Crippen LogP contribution in [0.2, 0.25) is 0 Å². The van der Waals surface area contributed by atoms with Crippen molar-refractivity contribution in [2.24, 2.45) is 0 Å². The second-order valence-corrected chi connectivity index (χ2v) is 17.5. The van der Waals surface area contributed by atoms with Crippen molar-refractivity contribution in [3.8, 4) is 73.2 Å². The Balaban J connectivity index is 0.989. The molecule has 0 aliphatic carbocycles. The lowest BCUT2D eigenvalue weighted by molar-refractivity contribution is 0.668. The summed E-state index contributed by atoms with van der Waals surface area (Å²) < 4.78 is 16.3. The van der Waals surface area contributed by atoms with Crippen LogP contribution < -0.4 is 0 Å². The van der Waals surface area contributed by atoms with Crippen LogP contribution in [0.4, 0.5) is 0 Å². The zero-order chi connectivity index (χ0) is 45.4. The first-order valence-corrected chi connectivity index (χ1v) is 23.2. The van der Waals surface area contributed by atoms with Crippen LogP contribution in [0.1, 0.15) is 0 Å². The molecule has 0 aliphatic rings. The first kappa shape index (κ1) is 38.8. The molecule has 0 unspecified atom stereocenters. The molecule has 4 aromatic heterocycles. The molecule has 0 saturated heterocycles. The number of para-hydroxylation sites is 4. The average Bonchev–Trinajstić information content (AvgIpc) is 4.10. The SMILES string of the molecule is c1ccc(-c2ccc(-c3nc(-c4ccccc4)nc(-c4cccc5c4oc4c(-c6cc7oc8ccccc8c7cc6-n6c7ccccc7c7cc(-c8ccccc8)ccc76)cccc45)n3)cc2)cc1. The van der Waals surface area contributed by atoms with Gasteiger partial charge in [-0.25, -0.2) is 15.0 Å². The zero-order valence-electron chi connectivity index (χ0n) is 37.0. The third kappa shape index (κ3) is 6.38. The van der Waals surface area contributed by atoms with Crippen molar-refractivity contribution in [1.29, 1.82) is 0 Å². The van der Waals surface area contributed by atoms with E-state index in [-0.39, 0.29) is 0 Å². The second-order valence-electron chi connectivity index (χ2n) is 17.5. The van der Waals surface area contributed by atoms with E-state index in [9.17, 15) is 0 Å². The molecule has 0 N–H and O–H groups in total. The summed E-state index contributed by atoms with van der Waals surface area (Å²) in [5.41, 5.74) is 15.5. The largest absolute Gasteiger partial charge is 0.456 e. The fourth-order valence-electron chi connectivity index (χ4n) is 10.2. The molecule has 14 rings (SSSR count). The van der Waals surface area contributed by atoms with Gasteiger partial charge in [-0.05, 0) is 64.7 Å². The van der Waals surface area contributed by atoms with Crippen molar-refractivity contribution >= 4 is 65.7 Å². The molecule has 0 radical (unpaired) electrons. The normalized spacial score (nSPS) is 11.8. The van der Waals surface area contributed by atoms with E-state index >= 15 is 0 Å². The highest BCUT2D eigenvalue weighted by atomic mass is 16.3. The maximum Gasteiger partial charge on any atom is 0.167 e. The lowest BCUT2D eigenvalue weighted by Gasteiger charge is -2.15. The quantitative estimate of drug-likeness (QED) is 0.159. The number of hydrogen-bond acceptors (Lipinski definition) is 5. The van der Waals surface area contributed by atoms with Gasteiger partial charge in [0.25, 0.3) is 0 Å². The Bertz CT molecular complexity index is 4290. The predicted molar refractivity (Wildman–Crippen MR) is 281 cm³/mol. The topological polar surface area (TPSA) is 69.9 Å². The van der Waals surface area contributed by atoms with Gasteiger partial charge in [-0.2, -0.15) is 0 Å². The fourth-order valence-corrected chi connectivity index (χ4v) is 10.2. The molecule has 10 aromatic carbocycles. The lowest BCUT2D eigenvalue weighted by Crippen LogP contribution is -2.00. The van der Waals surface area contributed by atoms with Crippen LogP contribution in [-0.4, -0.2) is 19.5 Å². The number of benzene rings is 10. The molecule has 0 aliphatic heterocycles. The Kier molecular flexibility index (Phi) is 8.79. The van der Waals surface area contributed by atoms with Crippen molar-refractivity contribution in [3.05, 3.63) is 231 Å². The summed E-state index contributed by atoms with van der Waals surface area (Å²) in [6, 6.07) is 80.4. The summed E-state index contributed by atoms with van der Waals surface area (Å²) in [5.74, 6) is 1.70. The smallest absolute Gasteiger partial charge is 0.167 e. The summed E-state index contributed by atoms with van der Waals surface area (Å²) in [4.78, 5) is 15.4. The van der Waals surface area contributed by atoms with Gasteiger partial charge in [-0.1, -0.05) is 188 Å². The van der Waals surface area contributed by atoms with Crippen LogP contribution in [0, 0.1) is 0 Å². The number of nitrogens with zero attached hydrogens (tertiary/aromatic N) is 4. The lowest BCUT2D eigenvalue weighted by atomic mass is 9.98. The molecule has 69 heavy (non-hydrogen) atoms. The van der Waals surface area contributed by atoms with Crippen molar-refractivity contribution in [2.45, 2.75) is 0 Å². The third-order valence-corrected chi connectivity index (χ3v) is 13.5. The number of hydrogen-bond donors (Lipinski definition) is 0. The van der Waals surface area contributed by atoms with Crippen LogP contribution in [0.15, 0.2) is 239 Å². The van der Waals surface area contributed by atoms with Crippen LogP contribution in [-0.2, 0) is 0 Å². The van der Waals surface area contributed by atoms with E-state index in [1.807, 2.05) is 54.6 Å². The molecule has 6 heteroatoms. The summed E-state index contributed by atoms with van der Waals surface area (Å²) in [6.07, 6.45) is 0. The van der Waals surface area contributed by atoms with Gasteiger partial charge in [0.15, 0.2) is 17.5 Å². The van der Waals surface area contributed by atoms with Crippen molar-refractivity contribution in [3.63, 3.8) is 0 Å². The molecule has 0 spiro atoms. The minimum Gasteiger partial charge on any atom is -0.456 e. The first-order valence-electron chi connectivity index (χ1n) is 23.2. The molecule has 0 amide bonds. The fraction of sp³-hybridized carbons (Fsp3) is 0. The Morgan fingerprint density at radius 3 is 1.51 bits per heavy atom. The van der Waals surface area contributed by atoms with E-state index in [1.165, 1.54) is 21.9 Å². The maximum absolute atomic E-state index is 7.22.